The number of anilines is 1. The highest BCUT2D eigenvalue weighted by Gasteiger charge is 2.29. The van der Waals surface area contributed by atoms with Crippen LogP contribution in [0.3, 0.4) is 0 Å². The second-order valence-corrected chi connectivity index (χ2v) is 8.61. The highest BCUT2D eigenvalue weighted by atomic mass is 35.5. The van der Waals surface area contributed by atoms with Crippen LogP contribution in [0.15, 0.2) is 65.6 Å². The summed E-state index contributed by atoms with van der Waals surface area (Å²) in [7, 11) is -3.75. The number of hydrogen-bond acceptors (Lipinski definition) is 3. The van der Waals surface area contributed by atoms with E-state index in [0.717, 1.165) is 23.6 Å². The number of nitrogens with one attached hydrogen (secondary N) is 2. The number of sulfonamides is 1. The highest BCUT2D eigenvalue weighted by Crippen LogP contribution is 2.28. The summed E-state index contributed by atoms with van der Waals surface area (Å²) in [6.45, 7) is 0. The van der Waals surface area contributed by atoms with Crippen molar-refractivity contribution in [2.75, 3.05) is 5.32 Å². The van der Waals surface area contributed by atoms with Crippen LogP contribution < -0.4 is 10.0 Å². The molecule has 3 aromatic rings. The molecule has 0 atom stereocenters. The van der Waals surface area contributed by atoms with Crippen LogP contribution in [0.4, 0.5) is 5.69 Å². The Morgan fingerprint density at radius 2 is 1.74 bits per heavy atom. The third-order valence-corrected chi connectivity index (χ3v) is 6.42. The first-order valence-electron chi connectivity index (χ1n) is 8.55. The average molecular weight is 401 g/mol. The molecular weight excluding hydrogens is 384 g/mol. The fourth-order valence-corrected chi connectivity index (χ4v) is 4.69. The summed E-state index contributed by atoms with van der Waals surface area (Å²) in [5.74, 6) is -0.397. The minimum absolute atomic E-state index is 0.0424. The van der Waals surface area contributed by atoms with Crippen LogP contribution in [0.5, 0.6) is 0 Å². The maximum absolute atomic E-state index is 12.7. The number of halogens is 1. The zero-order valence-electron chi connectivity index (χ0n) is 14.3. The van der Waals surface area contributed by atoms with Crippen molar-refractivity contribution in [2.45, 2.75) is 23.8 Å². The summed E-state index contributed by atoms with van der Waals surface area (Å²) in [6.07, 6.45) is 1.64. The number of hydrogen-bond donors (Lipinski definition) is 2. The molecule has 1 amide bonds. The lowest BCUT2D eigenvalue weighted by Gasteiger charge is -2.11. The Labute approximate surface area is 162 Å². The van der Waals surface area contributed by atoms with Gasteiger partial charge in [0.25, 0.3) is 5.91 Å². The van der Waals surface area contributed by atoms with Gasteiger partial charge in [-0.05, 0) is 42.5 Å². The van der Waals surface area contributed by atoms with Gasteiger partial charge in [-0.15, -0.1) is 0 Å². The Bertz CT molecular complexity index is 1140. The van der Waals surface area contributed by atoms with E-state index in [2.05, 4.69) is 10.0 Å². The van der Waals surface area contributed by atoms with Crippen molar-refractivity contribution < 1.29 is 13.2 Å². The Balaban J connectivity index is 1.65. The third kappa shape index (κ3) is 3.83. The van der Waals surface area contributed by atoms with Crippen LogP contribution in [0.1, 0.15) is 23.2 Å². The minimum Gasteiger partial charge on any atom is -0.321 e. The van der Waals surface area contributed by atoms with Gasteiger partial charge >= 0.3 is 0 Å². The molecule has 7 heteroatoms. The van der Waals surface area contributed by atoms with E-state index in [4.69, 9.17) is 11.6 Å². The van der Waals surface area contributed by atoms with Gasteiger partial charge in [0.05, 0.1) is 5.02 Å². The van der Waals surface area contributed by atoms with Crippen molar-refractivity contribution in [3.8, 4) is 0 Å². The van der Waals surface area contributed by atoms with Gasteiger partial charge in [-0.3, -0.25) is 4.79 Å². The van der Waals surface area contributed by atoms with Crippen molar-refractivity contribution in [3.05, 3.63) is 71.2 Å². The van der Waals surface area contributed by atoms with Gasteiger partial charge in [-0.2, -0.15) is 0 Å². The normalized spacial score (nSPS) is 14.3. The van der Waals surface area contributed by atoms with Gasteiger partial charge in [0.15, 0.2) is 0 Å². The molecule has 0 bridgehead atoms. The van der Waals surface area contributed by atoms with Gasteiger partial charge in [0.2, 0.25) is 10.0 Å². The average Bonchev–Trinajstić information content (AvgIpc) is 3.45. The van der Waals surface area contributed by atoms with E-state index in [1.165, 1.54) is 18.2 Å². The number of fused-ring (bicyclic) bond motifs is 1. The van der Waals surface area contributed by atoms with Crippen molar-refractivity contribution >= 4 is 44.0 Å². The number of rotatable bonds is 5. The number of amides is 1. The number of carbonyl (C=O) groups is 1. The van der Waals surface area contributed by atoms with Gasteiger partial charge in [-0.1, -0.05) is 48.0 Å². The molecule has 1 aliphatic rings. The maximum atomic E-state index is 12.7. The van der Waals surface area contributed by atoms with E-state index in [9.17, 15) is 13.2 Å². The molecule has 3 aromatic carbocycles. The fraction of sp³-hybridized carbons (Fsp3) is 0.150. The Kier molecular flexibility index (Phi) is 4.63. The summed E-state index contributed by atoms with van der Waals surface area (Å²) in [4.78, 5) is 12.6. The molecule has 27 heavy (non-hydrogen) atoms. The van der Waals surface area contributed by atoms with Gasteiger partial charge in [-0.25, -0.2) is 13.1 Å². The van der Waals surface area contributed by atoms with Gasteiger partial charge in [0, 0.05) is 22.7 Å². The van der Waals surface area contributed by atoms with Gasteiger partial charge in [0.1, 0.15) is 4.90 Å². The van der Waals surface area contributed by atoms with Crippen LogP contribution in [0.25, 0.3) is 10.8 Å². The summed E-state index contributed by atoms with van der Waals surface area (Å²) >= 11 is 6.08. The van der Waals surface area contributed by atoms with Crippen molar-refractivity contribution in [2.24, 2.45) is 0 Å². The van der Waals surface area contributed by atoms with E-state index >= 15 is 0 Å². The summed E-state index contributed by atoms with van der Waals surface area (Å²) in [6, 6.07) is 17.5. The first-order valence-corrected chi connectivity index (χ1v) is 10.4. The molecule has 1 saturated carbocycles. The van der Waals surface area contributed by atoms with E-state index in [-0.39, 0.29) is 21.5 Å². The summed E-state index contributed by atoms with van der Waals surface area (Å²) in [5.41, 5.74) is 0.886. The predicted octanol–water partition coefficient (Wildman–Crippen LogP) is 4.19. The lowest BCUT2D eigenvalue weighted by atomic mass is 10.1. The highest BCUT2D eigenvalue weighted by molar-refractivity contribution is 7.89. The number of carbonyl (C=O) groups excluding carboxylic acids is 1. The van der Waals surface area contributed by atoms with Crippen LogP contribution in [-0.2, 0) is 10.0 Å². The molecule has 1 fully saturated rings. The van der Waals surface area contributed by atoms with Gasteiger partial charge < -0.3 is 5.32 Å². The molecule has 0 saturated heterocycles. The zero-order valence-corrected chi connectivity index (χ0v) is 15.8. The molecular formula is C20H17ClN2O3S. The molecule has 0 unspecified atom stereocenters. The molecule has 0 aromatic heterocycles. The van der Waals surface area contributed by atoms with Crippen molar-refractivity contribution in [1.29, 1.82) is 0 Å². The smallest absolute Gasteiger partial charge is 0.255 e. The lowest BCUT2D eigenvalue weighted by molar-refractivity contribution is 0.102. The Morgan fingerprint density at radius 3 is 2.52 bits per heavy atom. The maximum Gasteiger partial charge on any atom is 0.255 e. The van der Waals surface area contributed by atoms with E-state index in [1.807, 2.05) is 42.5 Å². The second kappa shape index (κ2) is 6.96. The molecule has 138 valence electrons. The minimum atomic E-state index is -3.75. The van der Waals surface area contributed by atoms with E-state index in [1.54, 1.807) is 0 Å². The summed E-state index contributed by atoms with van der Waals surface area (Å²) in [5, 5.41) is 4.85. The first kappa shape index (κ1) is 18.0. The lowest BCUT2D eigenvalue weighted by Crippen LogP contribution is -2.26. The molecule has 2 N–H and O–H groups in total. The quantitative estimate of drug-likeness (QED) is 0.674. The monoisotopic (exact) mass is 400 g/mol. The molecule has 0 heterocycles. The summed E-state index contributed by atoms with van der Waals surface area (Å²) < 4.78 is 27.6. The van der Waals surface area contributed by atoms with Crippen LogP contribution in [0.2, 0.25) is 5.02 Å². The molecule has 0 radical (unpaired) electrons. The number of benzene rings is 3. The molecule has 0 aliphatic heterocycles. The van der Waals surface area contributed by atoms with Crippen LogP contribution >= 0.6 is 11.6 Å². The predicted molar refractivity (Wildman–Crippen MR) is 107 cm³/mol. The van der Waals surface area contributed by atoms with Crippen molar-refractivity contribution in [1.82, 2.24) is 4.72 Å². The van der Waals surface area contributed by atoms with E-state index in [0.29, 0.717) is 5.69 Å². The van der Waals surface area contributed by atoms with Crippen molar-refractivity contribution in [3.63, 3.8) is 0 Å². The zero-order chi connectivity index (χ0) is 19.0. The Morgan fingerprint density at radius 1 is 1.00 bits per heavy atom. The molecule has 0 spiro atoms. The Hall–Kier alpha value is -2.41. The topological polar surface area (TPSA) is 75.3 Å². The van der Waals surface area contributed by atoms with Crippen LogP contribution in [0, 0.1) is 0 Å². The largest absolute Gasteiger partial charge is 0.321 e. The third-order valence-electron chi connectivity index (χ3n) is 4.42. The second-order valence-electron chi connectivity index (χ2n) is 6.52. The fourth-order valence-electron chi connectivity index (χ4n) is 2.86. The van der Waals surface area contributed by atoms with Crippen LogP contribution in [-0.4, -0.2) is 20.4 Å². The SMILES string of the molecule is O=C(Nc1cccc2ccccc12)c1ccc(Cl)c(S(=O)(=O)NC2CC2)c1. The van der Waals surface area contributed by atoms with E-state index < -0.39 is 15.9 Å². The first-order chi connectivity index (χ1) is 12.9. The molecule has 5 nitrogen and oxygen atoms in total. The molecule has 4 rings (SSSR count). The standard InChI is InChI=1S/C20H17ClN2O3S/c21-17-11-8-14(12-19(17)27(25,26)23-15-9-10-15)20(24)22-18-7-3-5-13-4-1-2-6-16(13)18/h1-8,11-12,15,23H,9-10H2,(H,22,24). The molecule has 1 aliphatic carbocycles.